The highest BCUT2D eigenvalue weighted by molar-refractivity contribution is 5.69. The molecule has 0 saturated heterocycles. The summed E-state index contributed by atoms with van der Waals surface area (Å²) in [7, 11) is 0. The van der Waals surface area contributed by atoms with Gasteiger partial charge >= 0.3 is 0 Å². The van der Waals surface area contributed by atoms with Gasteiger partial charge < -0.3 is 0 Å². The fourth-order valence-electron chi connectivity index (χ4n) is 1.83. The standard InChI is InChI=1S/C17H17F/c1-3-14-4-6-15(7-5-14)8-9-16-10-11-17(18)13(2)12-16/h4-12H,3H2,1-2H3/b9-8+. The maximum Gasteiger partial charge on any atom is 0.126 e. The van der Waals surface area contributed by atoms with Crippen LogP contribution in [0.5, 0.6) is 0 Å². The van der Waals surface area contributed by atoms with Crippen molar-refractivity contribution in [2.24, 2.45) is 0 Å². The van der Waals surface area contributed by atoms with Crippen LogP contribution in [-0.4, -0.2) is 0 Å². The average Bonchev–Trinajstić information content (AvgIpc) is 2.41. The van der Waals surface area contributed by atoms with Crippen molar-refractivity contribution in [1.29, 1.82) is 0 Å². The Morgan fingerprint density at radius 1 is 0.944 bits per heavy atom. The summed E-state index contributed by atoms with van der Waals surface area (Å²) in [6.07, 6.45) is 5.11. The monoisotopic (exact) mass is 240 g/mol. The van der Waals surface area contributed by atoms with Gasteiger partial charge in [-0.15, -0.1) is 0 Å². The smallest absolute Gasteiger partial charge is 0.126 e. The Bertz CT molecular complexity index is 550. The maximum absolute atomic E-state index is 13.1. The number of hydrogen-bond donors (Lipinski definition) is 0. The number of rotatable bonds is 3. The molecule has 0 radical (unpaired) electrons. The molecule has 0 aromatic heterocycles. The van der Waals surface area contributed by atoms with E-state index in [4.69, 9.17) is 0 Å². The van der Waals surface area contributed by atoms with Crippen molar-refractivity contribution in [3.8, 4) is 0 Å². The first kappa shape index (κ1) is 12.6. The zero-order valence-corrected chi connectivity index (χ0v) is 10.8. The van der Waals surface area contributed by atoms with Gasteiger partial charge in [-0.1, -0.05) is 49.4 Å². The zero-order valence-electron chi connectivity index (χ0n) is 10.8. The van der Waals surface area contributed by atoms with Crippen molar-refractivity contribution in [1.82, 2.24) is 0 Å². The van der Waals surface area contributed by atoms with Gasteiger partial charge in [-0.2, -0.15) is 0 Å². The third kappa shape index (κ3) is 3.07. The van der Waals surface area contributed by atoms with Crippen LogP contribution in [0, 0.1) is 12.7 Å². The molecule has 0 spiro atoms. The van der Waals surface area contributed by atoms with Gasteiger partial charge in [0.05, 0.1) is 0 Å². The molecule has 2 rings (SSSR count). The molecule has 0 N–H and O–H groups in total. The zero-order chi connectivity index (χ0) is 13.0. The molecule has 0 nitrogen and oxygen atoms in total. The van der Waals surface area contributed by atoms with Gasteiger partial charge in [0.15, 0.2) is 0 Å². The minimum absolute atomic E-state index is 0.153. The highest BCUT2D eigenvalue weighted by Gasteiger charge is 1.96. The lowest BCUT2D eigenvalue weighted by atomic mass is 10.1. The Morgan fingerprint density at radius 3 is 2.17 bits per heavy atom. The van der Waals surface area contributed by atoms with Crippen molar-refractivity contribution >= 4 is 12.2 Å². The average molecular weight is 240 g/mol. The van der Waals surface area contributed by atoms with E-state index >= 15 is 0 Å². The number of aryl methyl sites for hydroxylation is 2. The predicted molar refractivity (Wildman–Crippen MR) is 75.9 cm³/mol. The van der Waals surface area contributed by atoms with Crippen molar-refractivity contribution in [2.45, 2.75) is 20.3 Å². The molecule has 0 aliphatic carbocycles. The molecule has 0 fully saturated rings. The van der Waals surface area contributed by atoms with Crippen LogP contribution in [-0.2, 0) is 6.42 Å². The summed E-state index contributed by atoms with van der Waals surface area (Å²) in [5.74, 6) is -0.153. The van der Waals surface area contributed by atoms with Crippen LogP contribution in [0.15, 0.2) is 42.5 Å². The van der Waals surface area contributed by atoms with Crippen LogP contribution in [0.4, 0.5) is 4.39 Å². The summed E-state index contributed by atoms with van der Waals surface area (Å²) in [6, 6.07) is 13.6. The normalized spacial score (nSPS) is 11.1. The number of hydrogen-bond acceptors (Lipinski definition) is 0. The molecule has 0 heterocycles. The van der Waals surface area contributed by atoms with E-state index in [9.17, 15) is 4.39 Å². The summed E-state index contributed by atoms with van der Waals surface area (Å²) in [6.45, 7) is 3.93. The van der Waals surface area contributed by atoms with Crippen LogP contribution in [0.3, 0.4) is 0 Å². The van der Waals surface area contributed by atoms with E-state index in [0.717, 1.165) is 17.5 Å². The first-order valence-electron chi connectivity index (χ1n) is 6.22. The lowest BCUT2D eigenvalue weighted by molar-refractivity contribution is 0.618. The SMILES string of the molecule is CCc1ccc(/C=C/c2ccc(F)c(C)c2)cc1. The summed E-state index contributed by atoms with van der Waals surface area (Å²) in [4.78, 5) is 0. The fraction of sp³-hybridized carbons (Fsp3) is 0.176. The Labute approximate surface area is 108 Å². The largest absolute Gasteiger partial charge is 0.207 e. The predicted octanol–water partition coefficient (Wildman–Crippen LogP) is 4.87. The van der Waals surface area contributed by atoms with E-state index in [1.54, 1.807) is 13.0 Å². The first-order chi connectivity index (χ1) is 8.69. The van der Waals surface area contributed by atoms with Gasteiger partial charge in [0, 0.05) is 0 Å². The van der Waals surface area contributed by atoms with Gasteiger partial charge in [0.25, 0.3) is 0 Å². The molecule has 0 saturated carbocycles. The minimum Gasteiger partial charge on any atom is -0.207 e. The molecule has 0 amide bonds. The van der Waals surface area contributed by atoms with Gasteiger partial charge in [-0.3, -0.25) is 0 Å². The third-order valence-corrected chi connectivity index (χ3v) is 3.04. The maximum atomic E-state index is 13.1. The minimum atomic E-state index is -0.153. The Morgan fingerprint density at radius 2 is 1.56 bits per heavy atom. The van der Waals surface area contributed by atoms with Gasteiger partial charge in [0.1, 0.15) is 5.82 Å². The number of halogens is 1. The van der Waals surface area contributed by atoms with Crippen molar-refractivity contribution in [3.05, 3.63) is 70.5 Å². The molecule has 1 heteroatoms. The summed E-state index contributed by atoms with van der Waals surface area (Å²) in [5, 5.41) is 0. The second kappa shape index (κ2) is 5.63. The highest BCUT2D eigenvalue weighted by Crippen LogP contribution is 2.13. The number of benzene rings is 2. The van der Waals surface area contributed by atoms with Crippen LogP contribution in [0.2, 0.25) is 0 Å². The Hall–Kier alpha value is -1.89. The summed E-state index contributed by atoms with van der Waals surface area (Å²) in [5.41, 5.74) is 4.20. The first-order valence-corrected chi connectivity index (χ1v) is 6.22. The molecule has 0 bridgehead atoms. The highest BCUT2D eigenvalue weighted by atomic mass is 19.1. The Kier molecular flexibility index (Phi) is 3.93. The molecule has 0 atom stereocenters. The van der Waals surface area contributed by atoms with Crippen molar-refractivity contribution < 1.29 is 4.39 Å². The molecular formula is C17H17F. The second-order valence-corrected chi connectivity index (χ2v) is 4.44. The topological polar surface area (TPSA) is 0 Å². The third-order valence-electron chi connectivity index (χ3n) is 3.04. The van der Waals surface area contributed by atoms with Gasteiger partial charge in [-0.25, -0.2) is 4.39 Å². The molecule has 2 aromatic rings. The fourth-order valence-corrected chi connectivity index (χ4v) is 1.83. The molecule has 0 aliphatic rings. The molecule has 0 unspecified atom stereocenters. The summed E-state index contributed by atoms with van der Waals surface area (Å²) < 4.78 is 13.1. The van der Waals surface area contributed by atoms with Gasteiger partial charge in [-0.05, 0) is 47.7 Å². The van der Waals surface area contributed by atoms with E-state index in [1.807, 2.05) is 18.2 Å². The summed E-state index contributed by atoms with van der Waals surface area (Å²) >= 11 is 0. The van der Waals surface area contributed by atoms with E-state index in [1.165, 1.54) is 11.6 Å². The van der Waals surface area contributed by atoms with E-state index in [0.29, 0.717) is 5.56 Å². The van der Waals surface area contributed by atoms with Gasteiger partial charge in [0.2, 0.25) is 0 Å². The van der Waals surface area contributed by atoms with E-state index < -0.39 is 0 Å². The molecule has 2 aromatic carbocycles. The van der Waals surface area contributed by atoms with Crippen molar-refractivity contribution in [2.75, 3.05) is 0 Å². The molecular weight excluding hydrogens is 223 g/mol. The van der Waals surface area contributed by atoms with Crippen LogP contribution in [0.1, 0.15) is 29.2 Å². The lowest BCUT2D eigenvalue weighted by Crippen LogP contribution is -1.82. The quantitative estimate of drug-likeness (QED) is 0.672. The Balaban J connectivity index is 2.16. The molecule has 18 heavy (non-hydrogen) atoms. The lowest BCUT2D eigenvalue weighted by Gasteiger charge is -1.99. The van der Waals surface area contributed by atoms with E-state index in [2.05, 4.69) is 31.2 Å². The van der Waals surface area contributed by atoms with Crippen LogP contribution < -0.4 is 0 Å². The van der Waals surface area contributed by atoms with E-state index in [-0.39, 0.29) is 5.82 Å². The van der Waals surface area contributed by atoms with Crippen LogP contribution >= 0.6 is 0 Å². The van der Waals surface area contributed by atoms with Crippen molar-refractivity contribution in [3.63, 3.8) is 0 Å². The van der Waals surface area contributed by atoms with Crippen LogP contribution in [0.25, 0.3) is 12.2 Å². The molecule has 0 aliphatic heterocycles. The molecule has 92 valence electrons. The second-order valence-electron chi connectivity index (χ2n) is 4.44.